The van der Waals surface area contributed by atoms with Gasteiger partial charge in [-0.3, -0.25) is 4.79 Å². The first kappa shape index (κ1) is 14.9. The molecule has 8 heteroatoms. The minimum atomic E-state index is -0.636. The number of hydrogen-bond acceptors (Lipinski definition) is 7. The van der Waals surface area contributed by atoms with Crippen molar-refractivity contribution in [1.29, 1.82) is 0 Å². The number of hydrogen-bond donors (Lipinski definition) is 2. The Labute approximate surface area is 122 Å². The number of hydrazine groups is 1. The van der Waals surface area contributed by atoms with E-state index in [1.165, 1.54) is 11.8 Å². The van der Waals surface area contributed by atoms with Crippen molar-refractivity contribution in [1.82, 2.24) is 14.9 Å². The lowest BCUT2D eigenvalue weighted by Gasteiger charge is -2.45. The molecule has 1 saturated heterocycles. The maximum Gasteiger partial charge on any atom is 0.247 e. The summed E-state index contributed by atoms with van der Waals surface area (Å²) >= 11 is 1.44. The Balaban J connectivity index is 2.42. The molecule has 3 N–H and O–H groups in total. The van der Waals surface area contributed by atoms with E-state index in [1.807, 2.05) is 32.1 Å². The highest BCUT2D eigenvalue weighted by atomic mass is 32.2. The minimum Gasteiger partial charge on any atom is -0.342 e. The molecule has 1 aliphatic heterocycles. The van der Waals surface area contributed by atoms with E-state index in [0.29, 0.717) is 23.3 Å². The molecule has 0 atom stereocenters. The molecular weight excluding hydrogens is 276 g/mol. The number of carbonyl (C=O) groups is 1. The van der Waals surface area contributed by atoms with Gasteiger partial charge >= 0.3 is 0 Å². The number of rotatable bonds is 3. The highest BCUT2D eigenvalue weighted by molar-refractivity contribution is 7.98. The minimum absolute atomic E-state index is 0.0790. The van der Waals surface area contributed by atoms with E-state index < -0.39 is 5.54 Å². The van der Waals surface area contributed by atoms with Gasteiger partial charge in [-0.05, 0) is 20.1 Å². The van der Waals surface area contributed by atoms with Crippen molar-refractivity contribution >= 4 is 29.3 Å². The van der Waals surface area contributed by atoms with Crippen LogP contribution in [0.4, 0.5) is 11.6 Å². The average molecular weight is 296 g/mol. The molecule has 0 radical (unpaired) electrons. The molecule has 0 saturated carbocycles. The maximum absolute atomic E-state index is 12.3. The number of piperazine rings is 1. The number of carbonyl (C=O) groups excluding carboxylic acids is 1. The molecule has 0 spiro atoms. The van der Waals surface area contributed by atoms with Crippen LogP contribution in [0.2, 0.25) is 0 Å². The Morgan fingerprint density at radius 1 is 1.40 bits per heavy atom. The Morgan fingerprint density at radius 3 is 2.70 bits per heavy atom. The standard InChI is InChI=1S/C12H20N6OS/c1-12(2)10(19)17(3)5-6-18(12)9-7-8(16-13)14-11(15-9)20-4/h7H,5-6,13H2,1-4H3,(H,14,15,16). The number of aromatic nitrogens is 2. The predicted molar refractivity (Wildman–Crippen MR) is 80.7 cm³/mol. The van der Waals surface area contributed by atoms with Crippen LogP contribution in [0.15, 0.2) is 11.2 Å². The normalized spacial score (nSPS) is 18.4. The highest BCUT2D eigenvalue weighted by Crippen LogP contribution is 2.29. The Kier molecular flexibility index (Phi) is 4.05. The second-order valence-corrected chi connectivity index (χ2v) is 5.95. The predicted octanol–water partition coefficient (Wildman–Crippen LogP) is 0.541. The van der Waals surface area contributed by atoms with Crippen LogP contribution in [0.25, 0.3) is 0 Å². The topological polar surface area (TPSA) is 87.4 Å². The summed E-state index contributed by atoms with van der Waals surface area (Å²) in [5, 5.41) is 0.623. The third-order valence-corrected chi connectivity index (χ3v) is 4.05. The molecule has 110 valence electrons. The number of anilines is 2. The zero-order valence-electron chi connectivity index (χ0n) is 12.2. The number of nitrogen functional groups attached to an aromatic ring is 1. The molecule has 0 bridgehead atoms. The van der Waals surface area contributed by atoms with Gasteiger partial charge in [0.05, 0.1) is 0 Å². The van der Waals surface area contributed by atoms with E-state index in [0.717, 1.165) is 6.54 Å². The first-order valence-electron chi connectivity index (χ1n) is 6.33. The zero-order chi connectivity index (χ0) is 14.9. The van der Waals surface area contributed by atoms with E-state index in [1.54, 1.807) is 11.0 Å². The van der Waals surface area contributed by atoms with Crippen molar-refractivity contribution in [2.45, 2.75) is 24.5 Å². The zero-order valence-corrected chi connectivity index (χ0v) is 13.0. The number of nitrogens with one attached hydrogen (secondary N) is 1. The Hall–Kier alpha value is -1.54. The van der Waals surface area contributed by atoms with Crippen molar-refractivity contribution in [2.75, 3.05) is 36.7 Å². The number of nitrogens with zero attached hydrogens (tertiary/aromatic N) is 4. The van der Waals surface area contributed by atoms with Crippen LogP contribution in [0.1, 0.15) is 13.8 Å². The summed E-state index contributed by atoms with van der Waals surface area (Å²) in [5.41, 5.74) is 1.91. The van der Waals surface area contributed by atoms with Gasteiger partial charge in [-0.15, -0.1) is 0 Å². The Bertz CT molecular complexity index is 498. The third-order valence-electron chi connectivity index (χ3n) is 3.50. The van der Waals surface area contributed by atoms with Crippen molar-refractivity contribution in [3.8, 4) is 0 Å². The van der Waals surface area contributed by atoms with Crippen molar-refractivity contribution in [2.24, 2.45) is 5.84 Å². The van der Waals surface area contributed by atoms with E-state index >= 15 is 0 Å². The number of amides is 1. The van der Waals surface area contributed by atoms with Crippen molar-refractivity contribution in [3.63, 3.8) is 0 Å². The molecule has 1 aromatic rings. The number of thioether (sulfide) groups is 1. The van der Waals surface area contributed by atoms with Crippen LogP contribution in [0, 0.1) is 0 Å². The molecule has 1 aromatic heterocycles. The average Bonchev–Trinajstić information content (AvgIpc) is 2.44. The fourth-order valence-electron chi connectivity index (χ4n) is 2.33. The SMILES string of the molecule is CSc1nc(NN)cc(N2CCN(C)C(=O)C2(C)C)n1. The summed E-state index contributed by atoms with van der Waals surface area (Å²) in [6.07, 6.45) is 1.90. The monoisotopic (exact) mass is 296 g/mol. The van der Waals surface area contributed by atoms with Crippen LogP contribution in [0.3, 0.4) is 0 Å². The summed E-state index contributed by atoms with van der Waals surface area (Å²) in [5.74, 6) is 6.78. The molecular formula is C12H20N6OS. The van der Waals surface area contributed by atoms with Gasteiger partial charge in [-0.1, -0.05) is 11.8 Å². The van der Waals surface area contributed by atoms with E-state index in [4.69, 9.17) is 5.84 Å². The fourth-order valence-corrected chi connectivity index (χ4v) is 2.71. The molecule has 1 fully saturated rings. The summed E-state index contributed by atoms with van der Waals surface area (Å²) in [4.78, 5) is 24.8. The van der Waals surface area contributed by atoms with E-state index in [2.05, 4.69) is 15.4 Å². The van der Waals surface area contributed by atoms with Crippen LogP contribution in [0.5, 0.6) is 0 Å². The molecule has 0 unspecified atom stereocenters. The second-order valence-electron chi connectivity index (χ2n) is 5.18. The van der Waals surface area contributed by atoms with Crippen LogP contribution >= 0.6 is 11.8 Å². The molecule has 1 amide bonds. The van der Waals surface area contributed by atoms with Gasteiger partial charge in [0.1, 0.15) is 17.2 Å². The van der Waals surface area contributed by atoms with Crippen LogP contribution in [-0.2, 0) is 4.79 Å². The Morgan fingerprint density at radius 2 is 2.10 bits per heavy atom. The lowest BCUT2D eigenvalue weighted by atomic mass is 9.98. The largest absolute Gasteiger partial charge is 0.342 e. The van der Waals surface area contributed by atoms with E-state index in [9.17, 15) is 4.79 Å². The molecule has 0 aromatic carbocycles. The van der Waals surface area contributed by atoms with Crippen LogP contribution < -0.4 is 16.2 Å². The van der Waals surface area contributed by atoms with Gasteiger partial charge in [-0.25, -0.2) is 15.8 Å². The second kappa shape index (κ2) is 5.45. The number of likely N-dealkylation sites (N-methyl/N-ethyl adjacent to an activating group) is 1. The first-order chi connectivity index (χ1) is 9.40. The lowest BCUT2D eigenvalue weighted by molar-refractivity contribution is -0.136. The van der Waals surface area contributed by atoms with Crippen molar-refractivity contribution in [3.05, 3.63) is 6.07 Å². The van der Waals surface area contributed by atoms with Gasteiger partial charge in [0, 0.05) is 26.2 Å². The quantitative estimate of drug-likeness (QED) is 0.364. The molecule has 0 aliphatic carbocycles. The molecule has 2 heterocycles. The maximum atomic E-state index is 12.3. The van der Waals surface area contributed by atoms with Crippen molar-refractivity contribution < 1.29 is 4.79 Å². The fraction of sp³-hybridized carbons (Fsp3) is 0.583. The van der Waals surface area contributed by atoms with Gasteiger partial charge in [-0.2, -0.15) is 0 Å². The van der Waals surface area contributed by atoms with Crippen LogP contribution in [-0.4, -0.2) is 52.7 Å². The first-order valence-corrected chi connectivity index (χ1v) is 7.55. The summed E-state index contributed by atoms with van der Waals surface area (Å²) in [7, 11) is 1.82. The van der Waals surface area contributed by atoms with Gasteiger partial charge < -0.3 is 15.2 Å². The lowest BCUT2D eigenvalue weighted by Crippen LogP contribution is -2.62. The third kappa shape index (κ3) is 2.53. The molecule has 1 aliphatic rings. The summed E-state index contributed by atoms with van der Waals surface area (Å²) in [6, 6.07) is 1.76. The smallest absolute Gasteiger partial charge is 0.247 e. The summed E-state index contributed by atoms with van der Waals surface area (Å²) < 4.78 is 0. The molecule has 2 rings (SSSR count). The molecule has 7 nitrogen and oxygen atoms in total. The highest BCUT2D eigenvalue weighted by Gasteiger charge is 2.41. The van der Waals surface area contributed by atoms with Gasteiger partial charge in [0.25, 0.3) is 0 Å². The summed E-state index contributed by atoms with van der Waals surface area (Å²) in [6.45, 7) is 5.21. The van der Waals surface area contributed by atoms with Gasteiger partial charge in [0.2, 0.25) is 5.91 Å². The van der Waals surface area contributed by atoms with Gasteiger partial charge in [0.15, 0.2) is 5.16 Å². The molecule has 20 heavy (non-hydrogen) atoms. The van der Waals surface area contributed by atoms with E-state index in [-0.39, 0.29) is 5.91 Å². The number of nitrogens with two attached hydrogens (primary N) is 1.